The zero-order valence-electron chi connectivity index (χ0n) is 14.7. The van der Waals surface area contributed by atoms with Crippen molar-refractivity contribution in [1.82, 2.24) is 0 Å². The number of ketones is 1. The molecular weight excluding hydrogens is 360 g/mol. The minimum absolute atomic E-state index is 0.116. The molecule has 1 heterocycles. The lowest BCUT2D eigenvalue weighted by Gasteiger charge is -2.12. The van der Waals surface area contributed by atoms with E-state index in [4.69, 9.17) is 21.1 Å². The highest BCUT2D eigenvalue weighted by atomic mass is 35.5. The highest BCUT2D eigenvalue weighted by molar-refractivity contribution is 6.31. The average Bonchev–Trinajstić information content (AvgIpc) is 3.00. The second kappa shape index (κ2) is 7.29. The molecule has 27 heavy (non-hydrogen) atoms. The maximum Gasteiger partial charge on any atom is 0.231 e. The molecule has 0 aromatic heterocycles. The van der Waals surface area contributed by atoms with Gasteiger partial charge in [0.15, 0.2) is 5.76 Å². The van der Waals surface area contributed by atoms with Crippen LogP contribution in [0.3, 0.4) is 0 Å². The van der Waals surface area contributed by atoms with Crippen LogP contribution in [0.15, 0.2) is 72.5 Å². The SMILES string of the molecule is Cc1c(OCc2ccccc2Cl)ccc2c1O/C(=C\c1ccccc1)C2=O. The third-order valence-corrected chi connectivity index (χ3v) is 4.84. The molecule has 0 N–H and O–H groups in total. The Morgan fingerprint density at radius 2 is 1.74 bits per heavy atom. The summed E-state index contributed by atoms with van der Waals surface area (Å²) >= 11 is 6.18. The van der Waals surface area contributed by atoms with E-state index in [-0.39, 0.29) is 5.78 Å². The van der Waals surface area contributed by atoms with Crippen LogP contribution in [0.5, 0.6) is 11.5 Å². The largest absolute Gasteiger partial charge is 0.488 e. The maximum atomic E-state index is 12.6. The molecule has 0 fully saturated rings. The number of benzene rings is 3. The molecular formula is C23H17ClO3. The van der Waals surface area contributed by atoms with Crippen LogP contribution >= 0.6 is 11.6 Å². The van der Waals surface area contributed by atoms with Crippen LogP contribution in [-0.4, -0.2) is 5.78 Å². The van der Waals surface area contributed by atoms with E-state index in [9.17, 15) is 4.79 Å². The Kier molecular flexibility index (Phi) is 4.69. The van der Waals surface area contributed by atoms with Crippen molar-refractivity contribution >= 4 is 23.5 Å². The van der Waals surface area contributed by atoms with E-state index >= 15 is 0 Å². The summed E-state index contributed by atoms with van der Waals surface area (Å²) in [6, 6.07) is 20.7. The van der Waals surface area contributed by atoms with Crippen molar-refractivity contribution in [3.8, 4) is 11.5 Å². The summed E-state index contributed by atoms with van der Waals surface area (Å²) in [6.45, 7) is 2.24. The zero-order valence-corrected chi connectivity index (χ0v) is 15.5. The zero-order chi connectivity index (χ0) is 18.8. The minimum atomic E-state index is -0.116. The first-order valence-electron chi connectivity index (χ1n) is 8.62. The third-order valence-electron chi connectivity index (χ3n) is 4.47. The molecule has 4 heteroatoms. The van der Waals surface area contributed by atoms with Crippen LogP contribution in [0.4, 0.5) is 0 Å². The van der Waals surface area contributed by atoms with Gasteiger partial charge >= 0.3 is 0 Å². The molecule has 0 saturated carbocycles. The van der Waals surface area contributed by atoms with Gasteiger partial charge in [0.05, 0.1) is 5.56 Å². The van der Waals surface area contributed by atoms with Gasteiger partial charge in [0.2, 0.25) is 5.78 Å². The summed E-state index contributed by atoms with van der Waals surface area (Å²) in [7, 11) is 0. The summed E-state index contributed by atoms with van der Waals surface area (Å²) in [5, 5.41) is 0.663. The molecule has 1 aliphatic rings. The molecule has 0 amide bonds. The molecule has 4 rings (SSSR count). The average molecular weight is 377 g/mol. The van der Waals surface area contributed by atoms with Gasteiger partial charge in [-0.05, 0) is 36.8 Å². The van der Waals surface area contributed by atoms with E-state index in [1.54, 1.807) is 18.2 Å². The number of carbonyl (C=O) groups excluding carboxylic acids is 1. The van der Waals surface area contributed by atoms with Gasteiger partial charge in [-0.25, -0.2) is 0 Å². The Labute approximate surface area is 162 Å². The monoisotopic (exact) mass is 376 g/mol. The van der Waals surface area contributed by atoms with E-state index in [2.05, 4.69) is 0 Å². The molecule has 0 atom stereocenters. The second-order valence-electron chi connectivity index (χ2n) is 6.30. The predicted octanol–water partition coefficient (Wildman–Crippen LogP) is 5.84. The lowest BCUT2D eigenvalue weighted by molar-refractivity contribution is 0.101. The van der Waals surface area contributed by atoms with Crippen LogP contribution in [0, 0.1) is 6.92 Å². The number of ether oxygens (including phenoxy) is 2. The molecule has 3 aromatic carbocycles. The third kappa shape index (κ3) is 3.46. The topological polar surface area (TPSA) is 35.5 Å². The smallest absolute Gasteiger partial charge is 0.231 e. The number of rotatable bonds is 4. The quantitative estimate of drug-likeness (QED) is 0.536. The lowest BCUT2D eigenvalue weighted by Crippen LogP contribution is -1.99. The Hall–Kier alpha value is -3.04. The van der Waals surface area contributed by atoms with E-state index in [1.807, 2.05) is 61.5 Å². The van der Waals surface area contributed by atoms with Gasteiger partial charge in [-0.2, -0.15) is 0 Å². The van der Waals surface area contributed by atoms with Gasteiger partial charge in [-0.15, -0.1) is 0 Å². The van der Waals surface area contributed by atoms with Crippen molar-refractivity contribution in [2.24, 2.45) is 0 Å². The lowest BCUT2D eigenvalue weighted by atomic mass is 10.1. The fourth-order valence-electron chi connectivity index (χ4n) is 3.00. The first-order valence-corrected chi connectivity index (χ1v) is 9.00. The van der Waals surface area contributed by atoms with Crippen LogP contribution in [0.1, 0.15) is 27.0 Å². The second-order valence-corrected chi connectivity index (χ2v) is 6.70. The van der Waals surface area contributed by atoms with Crippen molar-refractivity contribution in [3.05, 3.63) is 99.8 Å². The van der Waals surface area contributed by atoms with Gasteiger partial charge < -0.3 is 9.47 Å². The molecule has 3 nitrogen and oxygen atoms in total. The van der Waals surface area contributed by atoms with Crippen LogP contribution < -0.4 is 9.47 Å². The summed E-state index contributed by atoms with van der Waals surface area (Å²) in [5.74, 6) is 1.43. The first kappa shape index (κ1) is 17.4. The highest BCUT2D eigenvalue weighted by Gasteiger charge is 2.30. The fourth-order valence-corrected chi connectivity index (χ4v) is 3.19. The Morgan fingerprint density at radius 1 is 1.00 bits per heavy atom. The number of Topliss-reactive ketones (excluding diaryl/α,β-unsaturated/α-hetero) is 1. The molecule has 0 spiro atoms. The Morgan fingerprint density at radius 3 is 2.52 bits per heavy atom. The molecule has 134 valence electrons. The fraction of sp³-hybridized carbons (Fsp3) is 0.0870. The van der Waals surface area contributed by atoms with Crippen molar-refractivity contribution in [2.75, 3.05) is 0 Å². The molecule has 0 unspecified atom stereocenters. The van der Waals surface area contributed by atoms with Crippen LogP contribution in [-0.2, 0) is 6.61 Å². The highest BCUT2D eigenvalue weighted by Crippen LogP contribution is 2.39. The predicted molar refractivity (Wildman–Crippen MR) is 106 cm³/mol. The number of hydrogen-bond acceptors (Lipinski definition) is 3. The van der Waals surface area contributed by atoms with Gasteiger partial charge in [0.25, 0.3) is 0 Å². The first-order chi connectivity index (χ1) is 13.1. The molecule has 3 aromatic rings. The Balaban J connectivity index is 1.59. The maximum absolute atomic E-state index is 12.6. The van der Waals surface area contributed by atoms with E-state index in [0.717, 1.165) is 16.7 Å². The standard InChI is InChI=1S/C23H17ClO3/c1-15-20(26-14-17-9-5-6-10-19(17)24)12-11-18-22(25)21(27-23(15)18)13-16-7-3-2-4-8-16/h2-13H,14H2,1H3/b21-13-. The van der Waals surface area contributed by atoms with Crippen LogP contribution in [0.25, 0.3) is 6.08 Å². The van der Waals surface area contributed by atoms with Crippen molar-refractivity contribution in [1.29, 1.82) is 0 Å². The van der Waals surface area contributed by atoms with E-state index < -0.39 is 0 Å². The summed E-state index contributed by atoms with van der Waals surface area (Å²) in [5.41, 5.74) is 3.17. The number of allylic oxidation sites excluding steroid dienone is 1. The summed E-state index contributed by atoms with van der Waals surface area (Å²) in [4.78, 5) is 12.6. The molecule has 0 aliphatic carbocycles. The van der Waals surface area contributed by atoms with Crippen molar-refractivity contribution in [2.45, 2.75) is 13.5 Å². The number of fused-ring (bicyclic) bond motifs is 1. The van der Waals surface area contributed by atoms with Crippen molar-refractivity contribution < 1.29 is 14.3 Å². The van der Waals surface area contributed by atoms with E-state index in [0.29, 0.717) is 34.5 Å². The molecule has 0 bridgehead atoms. The number of hydrogen-bond donors (Lipinski definition) is 0. The Bertz CT molecular complexity index is 1040. The van der Waals surface area contributed by atoms with Gasteiger partial charge in [0, 0.05) is 16.1 Å². The summed E-state index contributed by atoms with van der Waals surface area (Å²) < 4.78 is 11.8. The molecule has 1 aliphatic heterocycles. The van der Waals surface area contributed by atoms with Gasteiger partial charge in [-0.3, -0.25) is 4.79 Å². The number of carbonyl (C=O) groups is 1. The van der Waals surface area contributed by atoms with E-state index in [1.165, 1.54) is 0 Å². The normalized spacial score (nSPS) is 14.1. The number of halogens is 1. The van der Waals surface area contributed by atoms with Crippen LogP contribution in [0.2, 0.25) is 5.02 Å². The van der Waals surface area contributed by atoms with Gasteiger partial charge in [0.1, 0.15) is 18.1 Å². The molecule has 0 radical (unpaired) electrons. The van der Waals surface area contributed by atoms with Crippen molar-refractivity contribution in [3.63, 3.8) is 0 Å². The molecule has 0 saturated heterocycles. The van der Waals surface area contributed by atoms with Gasteiger partial charge in [-0.1, -0.05) is 60.1 Å². The minimum Gasteiger partial charge on any atom is -0.488 e. The summed E-state index contributed by atoms with van der Waals surface area (Å²) in [6.07, 6.45) is 1.76.